The minimum absolute atomic E-state index is 0.0580. The Morgan fingerprint density at radius 3 is 2.64 bits per heavy atom. The largest absolute Gasteiger partial charge is 0.506 e. The molecule has 4 aromatic heterocycles. The van der Waals surface area contributed by atoms with E-state index in [0.717, 1.165) is 23.5 Å². The van der Waals surface area contributed by atoms with Gasteiger partial charge in [-0.2, -0.15) is 13.2 Å². The zero-order chi connectivity index (χ0) is 17.8. The van der Waals surface area contributed by atoms with Crippen molar-refractivity contribution in [1.82, 2.24) is 15.0 Å². The number of rotatable bonds is 1. The van der Waals surface area contributed by atoms with Crippen LogP contribution in [0.25, 0.3) is 31.8 Å². The van der Waals surface area contributed by atoms with E-state index in [1.807, 2.05) is 0 Å². The first-order valence-electron chi connectivity index (χ1n) is 7.03. The van der Waals surface area contributed by atoms with E-state index < -0.39 is 17.3 Å². The summed E-state index contributed by atoms with van der Waals surface area (Å²) in [5, 5.41) is 9.67. The lowest BCUT2D eigenvalue weighted by Crippen LogP contribution is -2.08. The van der Waals surface area contributed by atoms with Crippen molar-refractivity contribution < 1.29 is 18.3 Å². The second kappa shape index (κ2) is 5.28. The Kier molecular flexibility index (Phi) is 3.29. The summed E-state index contributed by atoms with van der Waals surface area (Å²) in [5.74, 6) is -0.380. The molecule has 0 aliphatic rings. The van der Waals surface area contributed by atoms with Crippen LogP contribution >= 0.6 is 11.3 Å². The SMILES string of the molecule is O=c1cc(O)c2sc3nc(-c4ccccn4)cc(C(F)(F)F)c3c2[nH]1. The number of pyridine rings is 3. The third-order valence-corrected chi connectivity index (χ3v) is 4.75. The van der Waals surface area contributed by atoms with Crippen molar-refractivity contribution >= 4 is 31.8 Å². The Balaban J connectivity index is 2.17. The molecular formula is C16H8F3N3O2S. The van der Waals surface area contributed by atoms with Gasteiger partial charge in [0, 0.05) is 17.6 Å². The predicted molar refractivity (Wildman–Crippen MR) is 87.6 cm³/mol. The zero-order valence-corrected chi connectivity index (χ0v) is 13.1. The van der Waals surface area contributed by atoms with Gasteiger partial charge in [-0.05, 0) is 18.2 Å². The van der Waals surface area contributed by atoms with E-state index in [4.69, 9.17) is 0 Å². The molecule has 2 N–H and O–H groups in total. The number of H-pyrrole nitrogens is 1. The number of halogens is 3. The van der Waals surface area contributed by atoms with Crippen LogP contribution in [0.4, 0.5) is 13.2 Å². The predicted octanol–water partition coefficient (Wildman–Crippen LogP) is 3.92. The van der Waals surface area contributed by atoms with E-state index >= 15 is 0 Å². The van der Waals surface area contributed by atoms with Crippen LogP contribution in [-0.4, -0.2) is 20.1 Å². The van der Waals surface area contributed by atoms with E-state index in [2.05, 4.69) is 15.0 Å². The van der Waals surface area contributed by atoms with E-state index in [9.17, 15) is 23.1 Å². The number of aromatic nitrogens is 3. The van der Waals surface area contributed by atoms with Crippen molar-refractivity contribution in [3.05, 3.63) is 52.4 Å². The second-order valence-corrected chi connectivity index (χ2v) is 6.27. The quantitative estimate of drug-likeness (QED) is 0.537. The molecule has 0 aromatic carbocycles. The number of hydrogen-bond donors (Lipinski definition) is 2. The van der Waals surface area contributed by atoms with Crippen LogP contribution in [0.3, 0.4) is 0 Å². The summed E-state index contributed by atoms with van der Waals surface area (Å²) in [5.41, 5.74) is -1.34. The average Bonchev–Trinajstić information content (AvgIpc) is 2.93. The summed E-state index contributed by atoms with van der Waals surface area (Å²) in [4.78, 5) is 22.3. The Hall–Kier alpha value is -2.94. The van der Waals surface area contributed by atoms with E-state index in [1.165, 1.54) is 6.20 Å². The number of fused-ring (bicyclic) bond motifs is 3. The van der Waals surface area contributed by atoms with Crippen molar-refractivity contribution in [2.75, 3.05) is 0 Å². The first kappa shape index (κ1) is 15.6. The summed E-state index contributed by atoms with van der Waals surface area (Å²) < 4.78 is 41.0. The summed E-state index contributed by atoms with van der Waals surface area (Å²) >= 11 is 0.877. The molecule has 25 heavy (non-hydrogen) atoms. The molecule has 0 unspecified atom stereocenters. The lowest BCUT2D eigenvalue weighted by Gasteiger charge is -2.10. The first-order valence-corrected chi connectivity index (χ1v) is 7.84. The summed E-state index contributed by atoms with van der Waals surface area (Å²) in [7, 11) is 0. The lowest BCUT2D eigenvalue weighted by molar-refractivity contribution is -0.136. The summed E-state index contributed by atoms with van der Waals surface area (Å²) in [6.07, 6.45) is -3.20. The fraction of sp³-hybridized carbons (Fsp3) is 0.0625. The van der Waals surface area contributed by atoms with Crippen LogP contribution in [0.15, 0.2) is 41.3 Å². The molecule has 0 spiro atoms. The number of nitrogens with zero attached hydrogens (tertiary/aromatic N) is 2. The molecule has 4 heterocycles. The highest BCUT2D eigenvalue weighted by Gasteiger charge is 2.35. The molecule has 0 aliphatic carbocycles. The van der Waals surface area contributed by atoms with Crippen LogP contribution in [0.1, 0.15) is 5.56 Å². The Bertz CT molecular complexity index is 1170. The van der Waals surface area contributed by atoms with Gasteiger partial charge in [-0.1, -0.05) is 6.07 Å². The maximum atomic E-state index is 13.6. The Morgan fingerprint density at radius 1 is 1.16 bits per heavy atom. The molecule has 0 saturated carbocycles. The topological polar surface area (TPSA) is 78.9 Å². The highest BCUT2D eigenvalue weighted by molar-refractivity contribution is 7.25. The number of hydrogen-bond acceptors (Lipinski definition) is 5. The molecular weight excluding hydrogens is 355 g/mol. The van der Waals surface area contributed by atoms with Crippen molar-refractivity contribution in [1.29, 1.82) is 0 Å². The number of thiophene rings is 1. The van der Waals surface area contributed by atoms with Crippen LogP contribution in [-0.2, 0) is 6.18 Å². The number of aromatic hydroxyl groups is 1. The summed E-state index contributed by atoms with van der Waals surface area (Å²) in [6, 6.07) is 6.68. The maximum absolute atomic E-state index is 13.6. The van der Waals surface area contributed by atoms with Crippen LogP contribution in [0.5, 0.6) is 5.75 Å². The van der Waals surface area contributed by atoms with Gasteiger partial charge in [0.2, 0.25) is 0 Å². The molecule has 126 valence electrons. The van der Waals surface area contributed by atoms with E-state index in [0.29, 0.717) is 5.69 Å². The van der Waals surface area contributed by atoms with Gasteiger partial charge < -0.3 is 10.1 Å². The smallest absolute Gasteiger partial charge is 0.417 e. The third-order valence-electron chi connectivity index (χ3n) is 3.64. The maximum Gasteiger partial charge on any atom is 0.417 e. The molecule has 4 aromatic rings. The second-order valence-electron chi connectivity index (χ2n) is 5.27. The van der Waals surface area contributed by atoms with Crippen LogP contribution < -0.4 is 5.56 Å². The number of aromatic amines is 1. The number of alkyl halides is 3. The fourth-order valence-electron chi connectivity index (χ4n) is 2.62. The lowest BCUT2D eigenvalue weighted by atomic mass is 10.1. The Labute approximate surface area is 141 Å². The molecule has 9 heteroatoms. The average molecular weight is 363 g/mol. The van der Waals surface area contributed by atoms with Gasteiger partial charge >= 0.3 is 6.18 Å². The molecule has 0 bridgehead atoms. The first-order chi connectivity index (χ1) is 11.8. The highest BCUT2D eigenvalue weighted by Crippen LogP contribution is 2.43. The van der Waals surface area contributed by atoms with Gasteiger partial charge in [-0.25, -0.2) is 4.98 Å². The molecule has 0 fully saturated rings. The van der Waals surface area contributed by atoms with Crippen LogP contribution in [0.2, 0.25) is 0 Å². The molecule has 0 atom stereocenters. The minimum atomic E-state index is -4.67. The van der Waals surface area contributed by atoms with Gasteiger partial charge in [0.15, 0.2) is 0 Å². The molecule has 0 amide bonds. The summed E-state index contributed by atoms with van der Waals surface area (Å²) in [6.45, 7) is 0. The van der Waals surface area contributed by atoms with Crippen molar-refractivity contribution in [3.63, 3.8) is 0 Å². The minimum Gasteiger partial charge on any atom is -0.506 e. The Morgan fingerprint density at radius 2 is 1.96 bits per heavy atom. The van der Waals surface area contributed by atoms with Crippen LogP contribution in [0, 0.1) is 0 Å². The number of nitrogens with one attached hydrogen (secondary N) is 1. The standard InChI is InChI=1S/C16H8F3N3O2S/c17-16(18,19)7-5-9(8-3-1-2-4-20-8)21-15-12(7)13-14(25-15)10(23)6-11(24)22-13/h1-6H,(H2,22,23,24). The van der Waals surface area contributed by atoms with Crippen molar-refractivity contribution in [2.24, 2.45) is 0 Å². The van der Waals surface area contributed by atoms with E-state index in [-0.39, 0.29) is 31.9 Å². The molecule has 0 saturated heterocycles. The monoisotopic (exact) mass is 363 g/mol. The van der Waals surface area contributed by atoms with Crippen molar-refractivity contribution in [2.45, 2.75) is 6.18 Å². The van der Waals surface area contributed by atoms with Gasteiger partial charge in [0.1, 0.15) is 10.6 Å². The molecule has 5 nitrogen and oxygen atoms in total. The molecule has 4 rings (SSSR count). The van der Waals surface area contributed by atoms with Gasteiger partial charge in [-0.3, -0.25) is 9.78 Å². The normalized spacial score (nSPS) is 12.1. The highest BCUT2D eigenvalue weighted by atomic mass is 32.1. The van der Waals surface area contributed by atoms with E-state index in [1.54, 1.807) is 18.2 Å². The third kappa shape index (κ3) is 2.52. The fourth-order valence-corrected chi connectivity index (χ4v) is 3.69. The van der Waals surface area contributed by atoms with Crippen molar-refractivity contribution in [3.8, 4) is 17.1 Å². The van der Waals surface area contributed by atoms with Gasteiger partial charge in [-0.15, -0.1) is 11.3 Å². The molecule has 0 radical (unpaired) electrons. The van der Waals surface area contributed by atoms with Gasteiger partial charge in [0.05, 0.1) is 27.2 Å². The van der Waals surface area contributed by atoms with Gasteiger partial charge in [0.25, 0.3) is 5.56 Å². The molecule has 0 aliphatic heterocycles. The zero-order valence-electron chi connectivity index (χ0n) is 12.3.